The fourth-order valence-corrected chi connectivity index (χ4v) is 2.79. The molecule has 27 heavy (non-hydrogen) atoms. The summed E-state index contributed by atoms with van der Waals surface area (Å²) in [5.41, 5.74) is 0.996. The Bertz CT molecular complexity index is 1180. The third-order valence-corrected chi connectivity index (χ3v) is 4.05. The first-order valence-corrected chi connectivity index (χ1v) is 7.97. The number of nitrogens with zero attached hydrogens (tertiary/aromatic N) is 3. The van der Waals surface area contributed by atoms with Gasteiger partial charge in [-0.1, -0.05) is 0 Å². The van der Waals surface area contributed by atoms with Crippen LogP contribution in [0.3, 0.4) is 0 Å². The van der Waals surface area contributed by atoms with Crippen LogP contribution in [0.1, 0.15) is 26.5 Å². The van der Waals surface area contributed by atoms with Crippen molar-refractivity contribution in [1.82, 2.24) is 19.9 Å². The lowest BCUT2D eigenvalue weighted by atomic mass is 10.1. The van der Waals surface area contributed by atoms with Crippen molar-refractivity contribution in [3.05, 3.63) is 59.7 Å². The van der Waals surface area contributed by atoms with Gasteiger partial charge in [0.25, 0.3) is 5.91 Å². The molecule has 0 unspecified atom stereocenters. The summed E-state index contributed by atoms with van der Waals surface area (Å²) in [7, 11) is 1.46. The van der Waals surface area contributed by atoms with Gasteiger partial charge in [0, 0.05) is 17.8 Å². The Hall–Kier alpha value is -3.88. The van der Waals surface area contributed by atoms with Crippen molar-refractivity contribution in [1.29, 1.82) is 0 Å². The van der Waals surface area contributed by atoms with Crippen molar-refractivity contribution >= 4 is 28.5 Å². The van der Waals surface area contributed by atoms with Gasteiger partial charge in [-0.3, -0.25) is 4.79 Å². The molecule has 4 rings (SSSR count). The van der Waals surface area contributed by atoms with Crippen LogP contribution < -0.4 is 10.1 Å². The Kier molecular flexibility index (Phi) is 3.96. The van der Waals surface area contributed by atoms with E-state index < -0.39 is 5.97 Å². The van der Waals surface area contributed by atoms with Gasteiger partial charge in [-0.2, -0.15) is 5.10 Å². The minimum absolute atomic E-state index is 0.00578. The van der Waals surface area contributed by atoms with Crippen molar-refractivity contribution in [2.75, 3.05) is 7.11 Å². The van der Waals surface area contributed by atoms with Crippen LogP contribution in [0.5, 0.6) is 5.75 Å². The van der Waals surface area contributed by atoms with Gasteiger partial charge in [0.1, 0.15) is 28.2 Å². The van der Waals surface area contributed by atoms with Gasteiger partial charge < -0.3 is 19.6 Å². The van der Waals surface area contributed by atoms with Gasteiger partial charge in [0.15, 0.2) is 5.65 Å². The van der Waals surface area contributed by atoms with Crippen LogP contribution in [-0.2, 0) is 6.54 Å². The monoisotopic (exact) mass is 366 g/mol. The number of rotatable bonds is 5. The Labute approximate surface area is 152 Å². The minimum atomic E-state index is -1.12. The molecule has 0 fully saturated rings. The lowest BCUT2D eigenvalue weighted by Crippen LogP contribution is -2.22. The number of aromatic nitrogens is 3. The predicted octanol–water partition coefficient (Wildman–Crippen LogP) is 2.11. The highest BCUT2D eigenvalue weighted by atomic mass is 16.5. The molecule has 0 aliphatic rings. The van der Waals surface area contributed by atoms with E-state index >= 15 is 0 Å². The average Bonchev–Trinajstić information content (AvgIpc) is 3.28. The van der Waals surface area contributed by atoms with Crippen LogP contribution in [0, 0.1) is 0 Å². The number of carboxylic acid groups (broad SMARTS) is 1. The van der Waals surface area contributed by atoms with Crippen molar-refractivity contribution in [3.8, 4) is 5.75 Å². The topological polar surface area (TPSA) is 119 Å². The van der Waals surface area contributed by atoms with Gasteiger partial charge in [0.05, 0.1) is 19.9 Å². The molecule has 3 heterocycles. The normalized spacial score (nSPS) is 11.0. The number of nitrogens with one attached hydrogen (secondary N) is 1. The van der Waals surface area contributed by atoms with Gasteiger partial charge in [-0.05, 0) is 24.3 Å². The molecule has 3 aromatic heterocycles. The summed E-state index contributed by atoms with van der Waals surface area (Å²) in [4.78, 5) is 28.0. The fraction of sp³-hybridized carbons (Fsp3) is 0.111. The number of ether oxygens (including phenoxy) is 1. The quantitative estimate of drug-likeness (QED) is 0.555. The number of amides is 1. The molecule has 0 radical (unpaired) electrons. The molecule has 0 aliphatic heterocycles. The molecule has 0 saturated carbocycles. The highest BCUT2D eigenvalue weighted by molar-refractivity contribution is 6.02. The largest absolute Gasteiger partial charge is 0.497 e. The molecule has 9 heteroatoms. The Balaban J connectivity index is 1.59. The van der Waals surface area contributed by atoms with E-state index in [1.54, 1.807) is 30.6 Å². The highest BCUT2D eigenvalue weighted by Crippen LogP contribution is 2.28. The maximum absolute atomic E-state index is 12.4. The Morgan fingerprint density at radius 1 is 1.30 bits per heavy atom. The third-order valence-electron chi connectivity index (χ3n) is 4.05. The minimum Gasteiger partial charge on any atom is -0.497 e. The summed E-state index contributed by atoms with van der Waals surface area (Å²) < 4.78 is 12.2. The van der Waals surface area contributed by atoms with E-state index in [0.29, 0.717) is 28.1 Å². The number of benzene rings is 1. The first-order valence-electron chi connectivity index (χ1n) is 7.97. The van der Waals surface area contributed by atoms with E-state index in [2.05, 4.69) is 15.4 Å². The maximum atomic E-state index is 12.4. The van der Waals surface area contributed by atoms with Crippen LogP contribution in [-0.4, -0.2) is 38.7 Å². The molecule has 136 valence electrons. The summed E-state index contributed by atoms with van der Waals surface area (Å²) in [5, 5.41) is 16.7. The van der Waals surface area contributed by atoms with Gasteiger partial charge in [-0.25, -0.2) is 14.3 Å². The second-order valence-electron chi connectivity index (χ2n) is 5.74. The highest BCUT2D eigenvalue weighted by Gasteiger charge is 2.18. The summed E-state index contributed by atoms with van der Waals surface area (Å²) in [6.45, 7) is 0.0824. The van der Waals surface area contributed by atoms with Crippen LogP contribution in [0.25, 0.3) is 16.6 Å². The molecule has 0 bridgehead atoms. The number of carbonyl (C=O) groups is 2. The lowest BCUT2D eigenvalue weighted by Gasteiger charge is -2.02. The molecule has 0 saturated heterocycles. The SMILES string of the molecule is COc1cc(C(=O)O)c2oc(CNC(=O)c3cnn4cccnc34)cc2c1. The molecular weight excluding hydrogens is 352 g/mol. The van der Waals surface area contributed by atoms with E-state index in [4.69, 9.17) is 9.15 Å². The van der Waals surface area contributed by atoms with Crippen molar-refractivity contribution < 1.29 is 23.8 Å². The second kappa shape index (κ2) is 6.45. The predicted molar refractivity (Wildman–Crippen MR) is 93.9 cm³/mol. The van der Waals surface area contributed by atoms with Crippen LogP contribution in [0.2, 0.25) is 0 Å². The summed E-state index contributed by atoms with van der Waals surface area (Å²) in [6, 6.07) is 6.44. The molecule has 1 aromatic carbocycles. The summed E-state index contributed by atoms with van der Waals surface area (Å²) in [6.07, 6.45) is 4.71. The van der Waals surface area contributed by atoms with Crippen LogP contribution >= 0.6 is 0 Å². The molecule has 0 spiro atoms. The summed E-state index contributed by atoms with van der Waals surface area (Å²) in [5.74, 6) is -0.659. The molecule has 4 aromatic rings. The van der Waals surface area contributed by atoms with Gasteiger partial charge in [-0.15, -0.1) is 0 Å². The number of hydrogen-bond acceptors (Lipinski definition) is 6. The fourth-order valence-electron chi connectivity index (χ4n) is 2.79. The number of hydrogen-bond donors (Lipinski definition) is 2. The van der Waals surface area contributed by atoms with E-state index in [-0.39, 0.29) is 23.6 Å². The molecule has 2 N–H and O–H groups in total. The number of furan rings is 1. The van der Waals surface area contributed by atoms with Crippen LogP contribution in [0.4, 0.5) is 0 Å². The van der Waals surface area contributed by atoms with E-state index in [1.807, 2.05) is 0 Å². The molecule has 0 aliphatic carbocycles. The van der Waals surface area contributed by atoms with E-state index in [0.717, 1.165) is 0 Å². The summed E-state index contributed by atoms with van der Waals surface area (Å²) >= 11 is 0. The van der Waals surface area contributed by atoms with E-state index in [1.165, 1.54) is 23.9 Å². The Morgan fingerprint density at radius 3 is 2.93 bits per heavy atom. The smallest absolute Gasteiger partial charge is 0.339 e. The van der Waals surface area contributed by atoms with Crippen molar-refractivity contribution in [3.63, 3.8) is 0 Å². The van der Waals surface area contributed by atoms with Gasteiger partial charge >= 0.3 is 5.97 Å². The zero-order valence-corrected chi connectivity index (χ0v) is 14.2. The molecule has 1 amide bonds. The second-order valence-corrected chi connectivity index (χ2v) is 5.74. The zero-order valence-electron chi connectivity index (χ0n) is 14.2. The number of carboxylic acids is 1. The zero-order chi connectivity index (χ0) is 19.0. The van der Waals surface area contributed by atoms with Crippen molar-refractivity contribution in [2.45, 2.75) is 6.54 Å². The average molecular weight is 366 g/mol. The lowest BCUT2D eigenvalue weighted by molar-refractivity contribution is 0.0697. The van der Waals surface area contributed by atoms with Gasteiger partial charge in [0.2, 0.25) is 0 Å². The molecule has 0 atom stereocenters. The van der Waals surface area contributed by atoms with E-state index in [9.17, 15) is 14.7 Å². The first-order chi connectivity index (χ1) is 13.1. The number of aromatic carboxylic acids is 1. The maximum Gasteiger partial charge on any atom is 0.339 e. The van der Waals surface area contributed by atoms with Crippen molar-refractivity contribution in [2.24, 2.45) is 0 Å². The Morgan fingerprint density at radius 2 is 2.15 bits per heavy atom. The number of methoxy groups -OCH3 is 1. The molecular formula is C18H14N4O5. The molecule has 9 nitrogen and oxygen atoms in total. The first kappa shape index (κ1) is 16.6. The number of fused-ring (bicyclic) bond motifs is 2. The third kappa shape index (κ3) is 2.95. The number of carbonyl (C=O) groups excluding carboxylic acids is 1. The van der Waals surface area contributed by atoms with Crippen LogP contribution in [0.15, 0.2) is 47.3 Å². The standard InChI is InChI=1S/C18H14N4O5/c1-26-11-5-10-6-12(27-15(10)13(7-11)18(24)25)8-20-17(23)14-9-21-22-4-2-3-19-16(14)22/h2-7,9H,8H2,1H3,(H,20,23)(H,24,25).